The van der Waals surface area contributed by atoms with Gasteiger partial charge in [0, 0.05) is 6.04 Å². The number of nitrogens with two attached hydrogens (primary N) is 1. The molecule has 1 rings (SSSR count). The molecule has 1 aromatic heterocycles. The van der Waals surface area contributed by atoms with E-state index in [0.717, 1.165) is 0 Å². The molecule has 0 saturated heterocycles. The van der Waals surface area contributed by atoms with Crippen molar-refractivity contribution in [1.82, 2.24) is 15.1 Å². The van der Waals surface area contributed by atoms with Gasteiger partial charge in [0.1, 0.15) is 17.5 Å². The summed E-state index contributed by atoms with van der Waals surface area (Å²) in [7, 11) is 0. The molecule has 0 aliphatic rings. The second kappa shape index (κ2) is 4.28. The zero-order chi connectivity index (χ0) is 11.6. The molecular formula is C9H13N5S. The lowest BCUT2D eigenvalue weighted by atomic mass is 10.3. The molecule has 5 nitrogen and oxygen atoms in total. The van der Waals surface area contributed by atoms with E-state index in [-0.39, 0.29) is 11.9 Å². The number of rotatable bonds is 1. The van der Waals surface area contributed by atoms with Crippen LogP contribution in [0.3, 0.4) is 0 Å². The van der Waals surface area contributed by atoms with E-state index < -0.39 is 0 Å². The number of hydrogen-bond acceptors (Lipinski definition) is 4. The minimum absolute atomic E-state index is 0.201. The topological polar surface area (TPSA) is 79.7 Å². The smallest absolute Gasteiger partial charge is 0.196 e. The predicted molar refractivity (Wildman–Crippen MR) is 62.4 cm³/mol. The minimum atomic E-state index is 0.201. The summed E-state index contributed by atoms with van der Waals surface area (Å²) < 4.78 is 1.38. The third kappa shape index (κ3) is 2.25. The second-order valence-corrected chi connectivity index (χ2v) is 3.86. The van der Waals surface area contributed by atoms with Crippen molar-refractivity contribution >= 4 is 23.1 Å². The van der Waals surface area contributed by atoms with Crippen LogP contribution >= 0.6 is 12.2 Å². The molecule has 0 aliphatic heterocycles. The summed E-state index contributed by atoms with van der Waals surface area (Å²) in [5.41, 5.74) is 6.71. The van der Waals surface area contributed by atoms with E-state index in [2.05, 4.69) is 10.4 Å². The zero-order valence-corrected chi connectivity index (χ0v) is 9.72. The first-order chi connectivity index (χ1) is 6.97. The Balaban J connectivity index is 3.07. The van der Waals surface area contributed by atoms with Crippen molar-refractivity contribution < 1.29 is 0 Å². The van der Waals surface area contributed by atoms with Crippen molar-refractivity contribution in [3.8, 4) is 6.07 Å². The number of thiocarbonyl (C=S) groups is 1. The van der Waals surface area contributed by atoms with Gasteiger partial charge in [0.05, 0.1) is 5.69 Å². The molecule has 1 heterocycles. The van der Waals surface area contributed by atoms with Crippen LogP contribution in [0.5, 0.6) is 0 Å². The zero-order valence-electron chi connectivity index (χ0n) is 8.90. The van der Waals surface area contributed by atoms with Crippen molar-refractivity contribution in [2.75, 3.05) is 5.73 Å². The summed E-state index contributed by atoms with van der Waals surface area (Å²) in [6.07, 6.45) is 0. The van der Waals surface area contributed by atoms with E-state index in [1.165, 1.54) is 4.68 Å². The normalized spacial score (nSPS) is 10.1. The van der Waals surface area contributed by atoms with Crippen LogP contribution in [0.2, 0.25) is 0 Å². The molecule has 15 heavy (non-hydrogen) atoms. The fourth-order valence-electron chi connectivity index (χ4n) is 1.15. The lowest BCUT2D eigenvalue weighted by molar-refractivity contribution is 0.712. The molecule has 0 unspecified atom stereocenters. The Morgan fingerprint density at radius 2 is 2.27 bits per heavy atom. The molecule has 6 heteroatoms. The molecule has 3 N–H and O–H groups in total. The highest BCUT2D eigenvalue weighted by atomic mass is 32.1. The molecule has 0 aliphatic carbocycles. The average Bonchev–Trinajstić information content (AvgIpc) is 2.40. The van der Waals surface area contributed by atoms with Crippen molar-refractivity contribution in [3.63, 3.8) is 0 Å². The largest absolute Gasteiger partial charge is 0.382 e. The molecule has 0 bridgehead atoms. The first-order valence-electron chi connectivity index (χ1n) is 4.53. The number of nitrogens with zero attached hydrogens (tertiary/aromatic N) is 3. The Labute approximate surface area is 93.9 Å². The highest BCUT2D eigenvalue weighted by Gasteiger charge is 2.14. The van der Waals surface area contributed by atoms with Gasteiger partial charge in [-0.3, -0.25) is 0 Å². The van der Waals surface area contributed by atoms with E-state index in [0.29, 0.717) is 16.4 Å². The summed E-state index contributed by atoms with van der Waals surface area (Å²) in [6, 6.07) is 2.20. The number of nitrogen functional groups attached to an aromatic ring is 1. The Hall–Kier alpha value is -1.61. The van der Waals surface area contributed by atoms with Gasteiger partial charge in [0.25, 0.3) is 0 Å². The maximum Gasteiger partial charge on any atom is 0.196 e. The van der Waals surface area contributed by atoms with Gasteiger partial charge in [-0.15, -0.1) is 0 Å². The van der Waals surface area contributed by atoms with Crippen LogP contribution < -0.4 is 11.1 Å². The first-order valence-corrected chi connectivity index (χ1v) is 4.94. The number of nitrogens with one attached hydrogen (secondary N) is 1. The fourth-order valence-corrected chi connectivity index (χ4v) is 1.52. The molecule has 0 fully saturated rings. The van der Waals surface area contributed by atoms with Gasteiger partial charge in [-0.1, -0.05) is 0 Å². The third-order valence-electron chi connectivity index (χ3n) is 1.81. The minimum Gasteiger partial charge on any atom is -0.382 e. The highest BCUT2D eigenvalue weighted by molar-refractivity contribution is 7.80. The third-order valence-corrected chi connectivity index (χ3v) is 2.10. The van der Waals surface area contributed by atoms with E-state index in [4.69, 9.17) is 23.2 Å². The number of aryl methyl sites for hydroxylation is 1. The van der Waals surface area contributed by atoms with Crippen molar-refractivity contribution in [3.05, 3.63) is 11.3 Å². The Morgan fingerprint density at radius 3 is 2.67 bits per heavy atom. The Bertz CT molecular complexity index is 426. The number of hydrogen-bond donors (Lipinski definition) is 2. The van der Waals surface area contributed by atoms with Crippen LogP contribution in [0.1, 0.15) is 25.1 Å². The lowest BCUT2D eigenvalue weighted by Crippen LogP contribution is -2.35. The van der Waals surface area contributed by atoms with Gasteiger partial charge in [0.2, 0.25) is 0 Å². The van der Waals surface area contributed by atoms with Crippen molar-refractivity contribution in [2.45, 2.75) is 26.8 Å². The van der Waals surface area contributed by atoms with Crippen molar-refractivity contribution in [1.29, 1.82) is 5.26 Å². The first kappa shape index (κ1) is 11.5. The molecule has 0 amide bonds. The number of anilines is 1. The van der Waals surface area contributed by atoms with Crippen LogP contribution in [0.4, 0.5) is 5.82 Å². The monoisotopic (exact) mass is 223 g/mol. The second-order valence-electron chi connectivity index (χ2n) is 3.47. The maximum atomic E-state index is 8.83. The van der Waals surface area contributed by atoms with Gasteiger partial charge in [-0.05, 0) is 33.0 Å². The Morgan fingerprint density at radius 1 is 1.67 bits per heavy atom. The summed E-state index contributed by atoms with van der Waals surface area (Å²) in [4.78, 5) is 0. The van der Waals surface area contributed by atoms with Gasteiger partial charge in [-0.25, -0.2) is 0 Å². The molecule has 80 valence electrons. The average molecular weight is 223 g/mol. The molecule has 0 spiro atoms. The highest BCUT2D eigenvalue weighted by Crippen LogP contribution is 2.14. The summed E-state index contributed by atoms with van der Waals surface area (Å²) in [5.74, 6) is 0.285. The summed E-state index contributed by atoms with van der Waals surface area (Å²) in [6.45, 7) is 5.65. The van der Waals surface area contributed by atoms with Gasteiger partial charge >= 0.3 is 0 Å². The molecule has 0 radical (unpaired) electrons. The molecule has 1 aromatic rings. The Kier molecular flexibility index (Phi) is 3.27. The van der Waals surface area contributed by atoms with E-state index >= 15 is 0 Å². The van der Waals surface area contributed by atoms with Crippen LogP contribution in [0.15, 0.2) is 0 Å². The standard InChI is InChI=1S/C9H13N5S/c1-5(2)12-9(15)14-8(11)7(4-10)6(3)13-14/h5H,11H2,1-3H3,(H,12,15). The summed E-state index contributed by atoms with van der Waals surface area (Å²) in [5, 5.41) is 16.3. The van der Waals surface area contributed by atoms with Gasteiger partial charge in [-0.2, -0.15) is 15.0 Å². The van der Waals surface area contributed by atoms with Gasteiger partial charge in [0.15, 0.2) is 5.11 Å². The van der Waals surface area contributed by atoms with Crippen LogP contribution in [-0.2, 0) is 0 Å². The van der Waals surface area contributed by atoms with Gasteiger partial charge < -0.3 is 11.1 Å². The van der Waals surface area contributed by atoms with E-state index in [9.17, 15) is 0 Å². The van der Waals surface area contributed by atoms with Crippen LogP contribution in [-0.4, -0.2) is 20.9 Å². The predicted octanol–water partition coefficient (Wildman–Crippen LogP) is 0.776. The molecular weight excluding hydrogens is 210 g/mol. The quantitative estimate of drug-likeness (QED) is 0.688. The molecule has 0 atom stereocenters. The van der Waals surface area contributed by atoms with Crippen molar-refractivity contribution in [2.24, 2.45) is 0 Å². The van der Waals surface area contributed by atoms with Crippen LogP contribution in [0, 0.1) is 18.3 Å². The van der Waals surface area contributed by atoms with E-state index in [1.54, 1.807) is 6.92 Å². The lowest BCUT2D eigenvalue weighted by Gasteiger charge is -2.11. The fraction of sp³-hybridized carbons (Fsp3) is 0.444. The molecule has 0 saturated carbocycles. The van der Waals surface area contributed by atoms with Crippen LogP contribution in [0.25, 0.3) is 0 Å². The number of aromatic nitrogens is 2. The number of nitriles is 1. The summed E-state index contributed by atoms with van der Waals surface area (Å²) >= 11 is 5.11. The maximum absolute atomic E-state index is 8.83. The van der Waals surface area contributed by atoms with E-state index in [1.807, 2.05) is 19.9 Å². The molecule has 0 aromatic carbocycles. The SMILES string of the molecule is Cc1nn(C(=S)NC(C)C)c(N)c1C#N.